The molecule has 0 aliphatic rings. The molecule has 0 spiro atoms. The molecule has 26 heavy (non-hydrogen) atoms. The van der Waals surface area contributed by atoms with E-state index in [0.717, 1.165) is 21.9 Å². The van der Waals surface area contributed by atoms with Crippen molar-refractivity contribution in [2.75, 3.05) is 10.8 Å². The number of carbonyl (C=O) groups is 1. The molecule has 1 atom stereocenters. The molecular formula is C20H26N2O3S. The Morgan fingerprint density at radius 2 is 1.50 bits per heavy atom. The van der Waals surface area contributed by atoms with Crippen molar-refractivity contribution in [3.05, 3.63) is 59.7 Å². The average molecular weight is 375 g/mol. The molecule has 2 rings (SSSR count). The summed E-state index contributed by atoms with van der Waals surface area (Å²) in [5.41, 5.74) is 2.46. The third-order valence-electron chi connectivity index (χ3n) is 4.24. The van der Waals surface area contributed by atoms with E-state index < -0.39 is 10.0 Å². The van der Waals surface area contributed by atoms with Gasteiger partial charge in [0.1, 0.15) is 6.54 Å². The molecule has 0 radical (unpaired) electrons. The average Bonchev–Trinajstić information content (AvgIpc) is 2.60. The third-order valence-corrected chi connectivity index (χ3v) is 6.03. The van der Waals surface area contributed by atoms with Crippen LogP contribution in [0.4, 0.5) is 5.69 Å². The van der Waals surface area contributed by atoms with Crippen molar-refractivity contribution >= 4 is 21.6 Å². The Labute approximate surface area is 156 Å². The highest BCUT2D eigenvalue weighted by Gasteiger charge is 2.27. The smallest absolute Gasteiger partial charge is 0.264 e. The molecule has 140 valence electrons. The van der Waals surface area contributed by atoms with Crippen LogP contribution in [-0.4, -0.2) is 26.9 Å². The lowest BCUT2D eigenvalue weighted by Crippen LogP contribution is -2.43. The van der Waals surface area contributed by atoms with Gasteiger partial charge < -0.3 is 5.32 Å². The predicted octanol–water partition coefficient (Wildman–Crippen LogP) is 3.41. The Kier molecular flexibility index (Phi) is 6.42. The summed E-state index contributed by atoms with van der Waals surface area (Å²) in [5.74, 6) is -0.324. The van der Waals surface area contributed by atoms with E-state index >= 15 is 0 Å². The summed E-state index contributed by atoms with van der Waals surface area (Å²) in [6, 6.07) is 13.7. The first-order valence-electron chi connectivity index (χ1n) is 8.69. The second-order valence-corrected chi connectivity index (χ2v) is 8.40. The largest absolute Gasteiger partial charge is 0.352 e. The summed E-state index contributed by atoms with van der Waals surface area (Å²) in [6.07, 6.45) is 0.779. The van der Waals surface area contributed by atoms with E-state index in [9.17, 15) is 13.2 Å². The molecule has 0 aliphatic carbocycles. The highest BCUT2D eigenvalue weighted by atomic mass is 32.2. The van der Waals surface area contributed by atoms with Gasteiger partial charge in [0.25, 0.3) is 10.0 Å². The Bertz CT molecular complexity index is 844. The van der Waals surface area contributed by atoms with Crippen molar-refractivity contribution in [2.45, 2.75) is 45.1 Å². The lowest BCUT2D eigenvalue weighted by atomic mass is 10.2. The Morgan fingerprint density at radius 3 is 2.00 bits per heavy atom. The number of anilines is 1. The Hall–Kier alpha value is -2.34. The van der Waals surface area contributed by atoms with Crippen LogP contribution in [0.5, 0.6) is 0 Å². The first-order valence-corrected chi connectivity index (χ1v) is 10.1. The van der Waals surface area contributed by atoms with Crippen LogP contribution < -0.4 is 9.62 Å². The van der Waals surface area contributed by atoms with Gasteiger partial charge in [-0.1, -0.05) is 42.3 Å². The zero-order chi connectivity index (χ0) is 19.3. The lowest BCUT2D eigenvalue weighted by molar-refractivity contribution is -0.120. The van der Waals surface area contributed by atoms with Gasteiger partial charge in [0.2, 0.25) is 5.91 Å². The number of nitrogens with one attached hydrogen (secondary N) is 1. The minimum absolute atomic E-state index is 0.00977. The number of nitrogens with zero attached hydrogens (tertiary/aromatic N) is 1. The maximum atomic E-state index is 13.2. The summed E-state index contributed by atoms with van der Waals surface area (Å²) < 4.78 is 27.5. The summed E-state index contributed by atoms with van der Waals surface area (Å²) in [5, 5.41) is 2.83. The maximum absolute atomic E-state index is 13.2. The van der Waals surface area contributed by atoms with E-state index in [1.807, 2.05) is 39.8 Å². The third kappa shape index (κ3) is 4.85. The lowest BCUT2D eigenvalue weighted by Gasteiger charge is -2.25. The van der Waals surface area contributed by atoms with Gasteiger partial charge in [-0.3, -0.25) is 9.10 Å². The van der Waals surface area contributed by atoms with Crippen LogP contribution in [0.2, 0.25) is 0 Å². The molecule has 0 saturated heterocycles. The molecule has 0 fully saturated rings. The molecule has 1 amide bonds. The first-order chi connectivity index (χ1) is 12.2. The standard InChI is InChI=1S/C20H26N2O3S/c1-5-17(4)21-20(23)14-22(18-10-6-15(2)7-11-18)26(24,25)19-12-8-16(3)9-13-19/h6-13,17H,5,14H2,1-4H3,(H,21,23). The van der Waals surface area contributed by atoms with E-state index in [0.29, 0.717) is 5.69 Å². The topological polar surface area (TPSA) is 66.5 Å². The van der Waals surface area contributed by atoms with Crippen LogP contribution in [0.3, 0.4) is 0 Å². The van der Waals surface area contributed by atoms with Gasteiger partial charge in [-0.05, 0) is 51.5 Å². The van der Waals surface area contributed by atoms with Crippen LogP contribution in [0.25, 0.3) is 0 Å². The van der Waals surface area contributed by atoms with Crippen molar-refractivity contribution in [3.63, 3.8) is 0 Å². The van der Waals surface area contributed by atoms with E-state index in [1.54, 1.807) is 36.4 Å². The Morgan fingerprint density at radius 1 is 1.00 bits per heavy atom. The molecule has 2 aromatic carbocycles. The van der Waals surface area contributed by atoms with Gasteiger partial charge in [0.15, 0.2) is 0 Å². The molecule has 2 aromatic rings. The molecule has 0 heterocycles. The number of hydrogen-bond acceptors (Lipinski definition) is 3. The summed E-state index contributed by atoms with van der Waals surface area (Å²) in [6.45, 7) is 7.42. The molecule has 1 N–H and O–H groups in total. The fraction of sp³-hybridized carbons (Fsp3) is 0.350. The summed E-state index contributed by atoms with van der Waals surface area (Å²) in [7, 11) is -3.85. The number of aryl methyl sites for hydroxylation is 2. The van der Waals surface area contributed by atoms with E-state index in [-0.39, 0.29) is 23.4 Å². The molecule has 0 bridgehead atoms. The first kappa shape index (κ1) is 20.0. The molecule has 5 nitrogen and oxygen atoms in total. The van der Waals surface area contributed by atoms with Crippen LogP contribution in [-0.2, 0) is 14.8 Å². The molecule has 1 unspecified atom stereocenters. The van der Waals surface area contributed by atoms with Crippen molar-refractivity contribution < 1.29 is 13.2 Å². The van der Waals surface area contributed by atoms with Crippen LogP contribution >= 0.6 is 0 Å². The van der Waals surface area contributed by atoms with Crippen molar-refractivity contribution in [2.24, 2.45) is 0 Å². The highest BCUT2D eigenvalue weighted by Crippen LogP contribution is 2.24. The SMILES string of the molecule is CCC(C)NC(=O)CN(c1ccc(C)cc1)S(=O)(=O)c1ccc(C)cc1. The zero-order valence-corrected chi connectivity index (χ0v) is 16.5. The molecule has 0 aromatic heterocycles. The number of rotatable bonds is 7. The van der Waals surface area contributed by atoms with Crippen molar-refractivity contribution in [1.29, 1.82) is 0 Å². The molecular weight excluding hydrogens is 348 g/mol. The number of benzene rings is 2. The van der Waals surface area contributed by atoms with E-state index in [1.165, 1.54) is 0 Å². The highest BCUT2D eigenvalue weighted by molar-refractivity contribution is 7.92. The quantitative estimate of drug-likeness (QED) is 0.808. The molecule has 6 heteroatoms. The van der Waals surface area contributed by atoms with Gasteiger partial charge in [-0.25, -0.2) is 8.42 Å². The Balaban J connectivity index is 2.40. The van der Waals surface area contributed by atoms with Gasteiger partial charge in [-0.2, -0.15) is 0 Å². The summed E-state index contributed by atoms with van der Waals surface area (Å²) in [4.78, 5) is 12.5. The van der Waals surface area contributed by atoms with Crippen LogP contribution in [0, 0.1) is 13.8 Å². The maximum Gasteiger partial charge on any atom is 0.264 e. The van der Waals surface area contributed by atoms with Gasteiger partial charge in [0.05, 0.1) is 10.6 Å². The monoisotopic (exact) mass is 374 g/mol. The van der Waals surface area contributed by atoms with E-state index in [4.69, 9.17) is 0 Å². The van der Waals surface area contributed by atoms with Gasteiger partial charge in [0, 0.05) is 6.04 Å². The van der Waals surface area contributed by atoms with Crippen molar-refractivity contribution in [1.82, 2.24) is 5.32 Å². The normalized spacial score (nSPS) is 12.5. The second kappa shape index (κ2) is 8.36. The number of amides is 1. The number of hydrogen-bond donors (Lipinski definition) is 1. The van der Waals surface area contributed by atoms with Crippen molar-refractivity contribution in [3.8, 4) is 0 Å². The fourth-order valence-electron chi connectivity index (χ4n) is 2.42. The zero-order valence-electron chi connectivity index (χ0n) is 15.7. The van der Waals surface area contributed by atoms with Crippen LogP contribution in [0.1, 0.15) is 31.4 Å². The van der Waals surface area contributed by atoms with Gasteiger partial charge >= 0.3 is 0 Å². The minimum Gasteiger partial charge on any atom is -0.352 e. The predicted molar refractivity (Wildman–Crippen MR) is 105 cm³/mol. The minimum atomic E-state index is -3.85. The fourth-order valence-corrected chi connectivity index (χ4v) is 3.84. The molecule has 0 aliphatic heterocycles. The number of sulfonamides is 1. The summed E-state index contributed by atoms with van der Waals surface area (Å²) >= 11 is 0. The van der Waals surface area contributed by atoms with E-state index in [2.05, 4.69) is 5.32 Å². The van der Waals surface area contributed by atoms with Crippen LogP contribution in [0.15, 0.2) is 53.4 Å². The second-order valence-electron chi connectivity index (χ2n) is 6.54. The van der Waals surface area contributed by atoms with Gasteiger partial charge in [-0.15, -0.1) is 0 Å². The number of carbonyl (C=O) groups excluding carboxylic acids is 1. The molecule has 0 saturated carbocycles.